The van der Waals surface area contributed by atoms with Gasteiger partial charge in [0.25, 0.3) is 5.91 Å². The predicted octanol–water partition coefficient (Wildman–Crippen LogP) is 1.33. The molecule has 1 atom stereocenters. The Morgan fingerprint density at radius 2 is 2.04 bits per heavy atom. The minimum Gasteiger partial charge on any atom is -0.336 e. The van der Waals surface area contributed by atoms with Gasteiger partial charge in [-0.15, -0.1) is 0 Å². The van der Waals surface area contributed by atoms with Crippen molar-refractivity contribution in [2.75, 3.05) is 31.1 Å². The lowest BCUT2D eigenvalue weighted by Crippen LogP contribution is -2.49. The van der Waals surface area contributed by atoms with Gasteiger partial charge in [-0.25, -0.2) is 4.98 Å². The lowest BCUT2D eigenvalue weighted by atomic mass is 10.1. The number of benzene rings is 1. The molecule has 0 spiro atoms. The first kappa shape index (κ1) is 16.8. The smallest absolute Gasteiger partial charge is 0.254 e. The molecule has 1 unspecified atom stereocenters. The highest BCUT2D eigenvalue weighted by atomic mass is 16.2. The molecule has 0 saturated carbocycles. The summed E-state index contributed by atoms with van der Waals surface area (Å²) in [6.07, 6.45) is 5.15. The molecule has 4 rings (SSSR count). The Bertz CT molecular complexity index is 814. The van der Waals surface area contributed by atoms with E-state index in [0.29, 0.717) is 25.1 Å². The van der Waals surface area contributed by atoms with Gasteiger partial charge < -0.3 is 19.7 Å². The average molecular weight is 353 g/mol. The fourth-order valence-electron chi connectivity index (χ4n) is 3.75. The molecule has 2 amide bonds. The summed E-state index contributed by atoms with van der Waals surface area (Å²) in [7, 11) is 1.95. The topological polar surface area (TPSA) is 70.5 Å². The molecular formula is C19H23N5O2. The number of aryl methyl sites for hydroxylation is 1. The molecule has 7 heteroatoms. The van der Waals surface area contributed by atoms with Crippen LogP contribution in [0.2, 0.25) is 0 Å². The molecule has 2 fully saturated rings. The highest BCUT2D eigenvalue weighted by Gasteiger charge is 2.31. The fraction of sp³-hybridized carbons (Fsp3) is 0.421. The summed E-state index contributed by atoms with van der Waals surface area (Å²) in [5.74, 6) is 1.03. The molecule has 1 aromatic heterocycles. The van der Waals surface area contributed by atoms with Gasteiger partial charge in [0, 0.05) is 63.3 Å². The normalized spacial score (nSPS) is 20.7. The summed E-state index contributed by atoms with van der Waals surface area (Å²) in [5, 5.41) is 3.35. The van der Waals surface area contributed by atoms with Crippen LogP contribution in [0, 0.1) is 0 Å². The standard InChI is InChI=1S/C19H23N5O2/c1-22-11-9-21-18(22)16-13-20-8-12-24(16)19(26)14-4-6-15(7-5-14)23-10-2-3-17(23)25/h4-7,9,11,16,20H,2-3,8,10,12-13H2,1H3. The summed E-state index contributed by atoms with van der Waals surface area (Å²) in [6, 6.07) is 7.29. The maximum absolute atomic E-state index is 13.1. The van der Waals surface area contributed by atoms with E-state index in [9.17, 15) is 9.59 Å². The van der Waals surface area contributed by atoms with E-state index in [1.807, 2.05) is 47.0 Å². The van der Waals surface area contributed by atoms with Gasteiger partial charge in [-0.3, -0.25) is 9.59 Å². The number of carbonyl (C=O) groups excluding carboxylic acids is 2. The number of nitrogens with one attached hydrogen (secondary N) is 1. The highest BCUT2D eigenvalue weighted by Crippen LogP contribution is 2.25. The van der Waals surface area contributed by atoms with Crippen LogP contribution in [-0.4, -0.2) is 52.4 Å². The second-order valence-corrected chi connectivity index (χ2v) is 6.81. The zero-order valence-corrected chi connectivity index (χ0v) is 14.9. The molecule has 2 aliphatic heterocycles. The summed E-state index contributed by atoms with van der Waals surface area (Å²) in [5.41, 5.74) is 1.51. The van der Waals surface area contributed by atoms with Crippen LogP contribution in [0.4, 0.5) is 5.69 Å². The number of carbonyl (C=O) groups is 2. The van der Waals surface area contributed by atoms with E-state index in [2.05, 4.69) is 10.3 Å². The van der Waals surface area contributed by atoms with Crippen LogP contribution in [0.1, 0.15) is 35.1 Å². The molecule has 3 heterocycles. The van der Waals surface area contributed by atoms with E-state index in [0.717, 1.165) is 31.0 Å². The Morgan fingerprint density at radius 1 is 1.23 bits per heavy atom. The number of hydrogen-bond acceptors (Lipinski definition) is 4. The first-order valence-electron chi connectivity index (χ1n) is 9.04. The summed E-state index contributed by atoms with van der Waals surface area (Å²) in [6.45, 7) is 2.86. The quantitative estimate of drug-likeness (QED) is 0.904. The molecule has 0 aliphatic carbocycles. The molecule has 26 heavy (non-hydrogen) atoms. The van der Waals surface area contributed by atoms with Crippen molar-refractivity contribution in [1.82, 2.24) is 19.8 Å². The largest absolute Gasteiger partial charge is 0.336 e. The van der Waals surface area contributed by atoms with E-state index in [1.165, 1.54) is 0 Å². The van der Waals surface area contributed by atoms with Gasteiger partial charge in [0.1, 0.15) is 11.9 Å². The molecule has 2 saturated heterocycles. The number of anilines is 1. The van der Waals surface area contributed by atoms with Gasteiger partial charge in [-0.1, -0.05) is 0 Å². The Balaban J connectivity index is 1.55. The van der Waals surface area contributed by atoms with Crippen molar-refractivity contribution in [3.63, 3.8) is 0 Å². The van der Waals surface area contributed by atoms with Crippen molar-refractivity contribution in [3.05, 3.63) is 48.0 Å². The molecule has 2 aliphatic rings. The van der Waals surface area contributed by atoms with Crippen molar-refractivity contribution in [2.24, 2.45) is 7.05 Å². The van der Waals surface area contributed by atoms with Gasteiger partial charge in [0.15, 0.2) is 0 Å². The molecule has 0 bridgehead atoms. The number of rotatable bonds is 3. The average Bonchev–Trinajstić information content (AvgIpc) is 3.29. The van der Waals surface area contributed by atoms with E-state index >= 15 is 0 Å². The summed E-state index contributed by atoms with van der Waals surface area (Å²) >= 11 is 0. The minimum atomic E-state index is -0.0870. The Morgan fingerprint density at radius 3 is 2.69 bits per heavy atom. The monoisotopic (exact) mass is 353 g/mol. The lowest BCUT2D eigenvalue weighted by Gasteiger charge is -2.35. The first-order valence-corrected chi connectivity index (χ1v) is 9.04. The van der Waals surface area contributed by atoms with Gasteiger partial charge in [-0.2, -0.15) is 0 Å². The van der Waals surface area contributed by atoms with Gasteiger partial charge in [0.2, 0.25) is 5.91 Å². The summed E-state index contributed by atoms with van der Waals surface area (Å²) < 4.78 is 1.96. The van der Waals surface area contributed by atoms with Gasteiger partial charge >= 0.3 is 0 Å². The number of aromatic nitrogens is 2. The van der Waals surface area contributed by atoms with Crippen molar-refractivity contribution in [1.29, 1.82) is 0 Å². The summed E-state index contributed by atoms with van der Waals surface area (Å²) in [4.78, 5) is 33.1. The lowest BCUT2D eigenvalue weighted by molar-refractivity contribution is -0.117. The fourth-order valence-corrected chi connectivity index (χ4v) is 3.75. The first-order chi connectivity index (χ1) is 12.6. The maximum Gasteiger partial charge on any atom is 0.254 e. The number of nitrogens with zero attached hydrogens (tertiary/aromatic N) is 4. The van der Waals surface area contributed by atoms with Crippen LogP contribution in [0.5, 0.6) is 0 Å². The molecular weight excluding hydrogens is 330 g/mol. The Kier molecular flexibility index (Phi) is 4.46. The van der Waals surface area contributed by atoms with Gasteiger partial charge in [0.05, 0.1) is 0 Å². The number of amides is 2. The minimum absolute atomic E-state index is 0.00111. The van der Waals surface area contributed by atoms with E-state index in [1.54, 1.807) is 11.1 Å². The second-order valence-electron chi connectivity index (χ2n) is 6.81. The van der Waals surface area contributed by atoms with Crippen LogP contribution >= 0.6 is 0 Å². The third-order valence-corrected chi connectivity index (χ3v) is 5.16. The molecule has 136 valence electrons. The van der Waals surface area contributed by atoms with E-state index < -0.39 is 0 Å². The molecule has 1 N–H and O–H groups in total. The Hall–Kier alpha value is -2.67. The van der Waals surface area contributed by atoms with Crippen molar-refractivity contribution in [2.45, 2.75) is 18.9 Å². The predicted molar refractivity (Wildman–Crippen MR) is 97.9 cm³/mol. The number of imidazole rings is 1. The zero-order valence-electron chi connectivity index (χ0n) is 14.9. The third-order valence-electron chi connectivity index (χ3n) is 5.16. The number of piperazine rings is 1. The van der Waals surface area contributed by atoms with Gasteiger partial charge in [-0.05, 0) is 30.7 Å². The molecule has 2 aromatic rings. The van der Waals surface area contributed by atoms with E-state index in [-0.39, 0.29) is 17.9 Å². The van der Waals surface area contributed by atoms with Crippen LogP contribution < -0.4 is 10.2 Å². The van der Waals surface area contributed by atoms with Crippen molar-refractivity contribution in [3.8, 4) is 0 Å². The molecule has 7 nitrogen and oxygen atoms in total. The highest BCUT2D eigenvalue weighted by molar-refractivity contribution is 5.97. The van der Waals surface area contributed by atoms with Crippen LogP contribution in [0.15, 0.2) is 36.7 Å². The maximum atomic E-state index is 13.1. The van der Waals surface area contributed by atoms with E-state index in [4.69, 9.17) is 0 Å². The second kappa shape index (κ2) is 6.92. The van der Waals surface area contributed by atoms with Crippen molar-refractivity contribution < 1.29 is 9.59 Å². The van der Waals surface area contributed by atoms with Crippen LogP contribution in [0.25, 0.3) is 0 Å². The third kappa shape index (κ3) is 2.99. The SMILES string of the molecule is Cn1ccnc1C1CNCCN1C(=O)c1ccc(N2CCCC2=O)cc1. The zero-order chi connectivity index (χ0) is 18.1. The number of hydrogen-bond donors (Lipinski definition) is 1. The van der Waals surface area contributed by atoms with Crippen LogP contribution in [-0.2, 0) is 11.8 Å². The van der Waals surface area contributed by atoms with Crippen molar-refractivity contribution >= 4 is 17.5 Å². The Labute approximate surface area is 152 Å². The molecule has 0 radical (unpaired) electrons. The molecule has 1 aromatic carbocycles. The van der Waals surface area contributed by atoms with Crippen LogP contribution in [0.3, 0.4) is 0 Å².